The van der Waals surface area contributed by atoms with E-state index in [0.717, 1.165) is 67.3 Å². The number of hydrogen-bond donors (Lipinski definition) is 0. The van der Waals surface area contributed by atoms with Crippen LogP contribution in [0.2, 0.25) is 0 Å². The van der Waals surface area contributed by atoms with Gasteiger partial charge >= 0.3 is 0 Å². The van der Waals surface area contributed by atoms with Crippen molar-refractivity contribution < 1.29 is 4.74 Å². The molecule has 134 valence electrons. The lowest BCUT2D eigenvalue weighted by atomic mass is 9.86. The van der Waals surface area contributed by atoms with E-state index < -0.39 is 0 Å². The highest BCUT2D eigenvalue weighted by Crippen LogP contribution is 2.37. The molecule has 25 heavy (non-hydrogen) atoms. The Morgan fingerprint density at radius 1 is 0.920 bits per heavy atom. The van der Waals surface area contributed by atoms with Crippen LogP contribution in [0.1, 0.15) is 48.7 Å². The van der Waals surface area contributed by atoms with Gasteiger partial charge in [0.25, 0.3) is 0 Å². The molecule has 7 heteroatoms. The minimum absolute atomic E-state index is 0.290. The molecule has 1 aliphatic carbocycles. The van der Waals surface area contributed by atoms with E-state index in [9.17, 15) is 0 Å². The van der Waals surface area contributed by atoms with Gasteiger partial charge in [-0.2, -0.15) is 4.98 Å². The monoisotopic (exact) mass is 361 g/mol. The van der Waals surface area contributed by atoms with Crippen molar-refractivity contribution in [2.24, 2.45) is 0 Å². The molecule has 0 bridgehead atoms. The maximum atomic E-state index is 6.30. The predicted octanol–water partition coefficient (Wildman–Crippen LogP) is 3.14. The Morgan fingerprint density at radius 2 is 1.60 bits per heavy atom. The van der Waals surface area contributed by atoms with Gasteiger partial charge in [-0.15, -0.1) is 11.6 Å². The molecule has 1 aliphatic heterocycles. The lowest BCUT2D eigenvalue weighted by Gasteiger charge is -2.29. The highest BCUT2D eigenvalue weighted by atomic mass is 35.5. The summed E-state index contributed by atoms with van der Waals surface area (Å²) in [6, 6.07) is 0. The van der Waals surface area contributed by atoms with Crippen LogP contribution in [0.15, 0.2) is 0 Å². The standard InChI is InChI=1S/C18H24ClN5O/c1-11-12(2)21-17-16(20-11)15(13-3-5-14(19)6-4-13)22-18(23-17)24-7-9-25-10-8-24/h13-14H,3-10H2,1-2H3. The Balaban J connectivity index is 1.80. The van der Waals surface area contributed by atoms with E-state index in [1.807, 2.05) is 13.8 Å². The number of halogens is 1. The van der Waals surface area contributed by atoms with Gasteiger partial charge in [-0.25, -0.2) is 15.0 Å². The van der Waals surface area contributed by atoms with Crippen molar-refractivity contribution in [3.05, 3.63) is 17.1 Å². The predicted molar refractivity (Wildman–Crippen MR) is 98.5 cm³/mol. The first-order chi connectivity index (χ1) is 12.1. The Kier molecular flexibility index (Phi) is 4.73. The molecule has 4 rings (SSSR count). The van der Waals surface area contributed by atoms with E-state index in [1.54, 1.807) is 0 Å². The van der Waals surface area contributed by atoms with Gasteiger partial charge in [0.1, 0.15) is 5.52 Å². The van der Waals surface area contributed by atoms with Crippen LogP contribution < -0.4 is 4.90 Å². The van der Waals surface area contributed by atoms with E-state index in [-0.39, 0.29) is 5.38 Å². The molecule has 0 aromatic carbocycles. The van der Waals surface area contributed by atoms with Crippen LogP contribution in [-0.4, -0.2) is 51.6 Å². The van der Waals surface area contributed by atoms with Crippen molar-refractivity contribution in [1.82, 2.24) is 19.9 Å². The minimum Gasteiger partial charge on any atom is -0.378 e. The Hall–Kier alpha value is -1.53. The lowest BCUT2D eigenvalue weighted by Crippen LogP contribution is -2.37. The number of hydrogen-bond acceptors (Lipinski definition) is 6. The average Bonchev–Trinajstić information content (AvgIpc) is 2.63. The third-order valence-electron chi connectivity index (χ3n) is 5.29. The van der Waals surface area contributed by atoms with E-state index in [2.05, 4.69) is 4.90 Å². The summed E-state index contributed by atoms with van der Waals surface area (Å²) in [6.45, 7) is 7.04. The molecule has 1 saturated carbocycles. The normalized spacial score (nSPS) is 24.7. The summed E-state index contributed by atoms with van der Waals surface area (Å²) in [5.74, 6) is 1.15. The molecule has 1 saturated heterocycles. The van der Waals surface area contributed by atoms with E-state index in [1.165, 1.54) is 0 Å². The highest BCUT2D eigenvalue weighted by molar-refractivity contribution is 6.20. The van der Waals surface area contributed by atoms with Gasteiger partial charge in [0.15, 0.2) is 5.65 Å². The molecule has 6 nitrogen and oxygen atoms in total. The molecule has 2 aromatic heterocycles. The molecule has 0 spiro atoms. The van der Waals surface area contributed by atoms with Gasteiger partial charge < -0.3 is 9.64 Å². The van der Waals surface area contributed by atoms with Crippen molar-refractivity contribution in [2.75, 3.05) is 31.2 Å². The zero-order valence-electron chi connectivity index (χ0n) is 14.8. The first-order valence-corrected chi connectivity index (χ1v) is 9.55. The molecular weight excluding hydrogens is 338 g/mol. The fourth-order valence-corrected chi connectivity index (χ4v) is 3.89. The van der Waals surface area contributed by atoms with E-state index in [0.29, 0.717) is 24.8 Å². The minimum atomic E-state index is 0.290. The molecule has 0 unspecified atom stereocenters. The van der Waals surface area contributed by atoms with Crippen molar-refractivity contribution in [2.45, 2.75) is 50.8 Å². The van der Waals surface area contributed by atoms with Gasteiger partial charge in [-0.3, -0.25) is 0 Å². The molecular formula is C18H24ClN5O. The summed E-state index contributed by atoms with van der Waals surface area (Å²) in [6.07, 6.45) is 4.17. The topological polar surface area (TPSA) is 64.0 Å². The van der Waals surface area contributed by atoms with Gasteiger partial charge in [0, 0.05) is 24.4 Å². The number of aromatic nitrogens is 4. The number of alkyl halides is 1. The van der Waals surface area contributed by atoms with Crippen molar-refractivity contribution >= 4 is 28.7 Å². The number of rotatable bonds is 2. The molecule has 2 aliphatic rings. The Labute approximate surface area is 153 Å². The van der Waals surface area contributed by atoms with Crippen LogP contribution in [0.3, 0.4) is 0 Å². The summed E-state index contributed by atoms with van der Waals surface area (Å²) >= 11 is 6.30. The second-order valence-electron chi connectivity index (χ2n) is 7.02. The van der Waals surface area contributed by atoms with Crippen LogP contribution in [0, 0.1) is 13.8 Å². The quantitative estimate of drug-likeness (QED) is 0.766. The molecule has 0 radical (unpaired) electrons. The first kappa shape index (κ1) is 16.9. The molecule has 2 fully saturated rings. The number of fused-ring (bicyclic) bond motifs is 1. The van der Waals surface area contributed by atoms with Crippen LogP contribution in [0.4, 0.5) is 5.95 Å². The van der Waals surface area contributed by atoms with Gasteiger partial charge in [-0.1, -0.05) is 0 Å². The fourth-order valence-electron chi connectivity index (χ4n) is 3.64. The summed E-state index contributed by atoms with van der Waals surface area (Å²) < 4.78 is 5.46. The van der Waals surface area contributed by atoms with Crippen LogP contribution in [-0.2, 0) is 4.74 Å². The Morgan fingerprint density at radius 3 is 2.32 bits per heavy atom. The number of morpholine rings is 1. The molecule has 0 amide bonds. The largest absolute Gasteiger partial charge is 0.378 e. The van der Waals surface area contributed by atoms with Gasteiger partial charge in [0.2, 0.25) is 5.95 Å². The van der Waals surface area contributed by atoms with E-state index in [4.69, 9.17) is 36.3 Å². The smallest absolute Gasteiger partial charge is 0.227 e. The Bertz CT molecular complexity index is 770. The number of nitrogens with zero attached hydrogens (tertiary/aromatic N) is 5. The average molecular weight is 362 g/mol. The van der Waals surface area contributed by atoms with Crippen LogP contribution in [0.25, 0.3) is 11.2 Å². The highest BCUT2D eigenvalue weighted by Gasteiger charge is 2.27. The van der Waals surface area contributed by atoms with Crippen LogP contribution in [0.5, 0.6) is 0 Å². The summed E-state index contributed by atoms with van der Waals surface area (Å²) in [7, 11) is 0. The van der Waals surface area contributed by atoms with Crippen LogP contribution >= 0.6 is 11.6 Å². The second kappa shape index (κ2) is 7.00. The third kappa shape index (κ3) is 3.42. The summed E-state index contributed by atoms with van der Waals surface area (Å²) in [5, 5.41) is 0.290. The van der Waals surface area contributed by atoms with Crippen molar-refractivity contribution in [3.8, 4) is 0 Å². The van der Waals surface area contributed by atoms with Gasteiger partial charge in [0.05, 0.1) is 30.3 Å². The van der Waals surface area contributed by atoms with Gasteiger partial charge in [-0.05, 0) is 39.5 Å². The summed E-state index contributed by atoms with van der Waals surface area (Å²) in [5.41, 5.74) is 4.49. The maximum absolute atomic E-state index is 6.30. The molecule has 0 atom stereocenters. The molecule has 2 aromatic rings. The number of ether oxygens (including phenoxy) is 1. The zero-order chi connectivity index (χ0) is 17.4. The number of anilines is 1. The van der Waals surface area contributed by atoms with Crippen molar-refractivity contribution in [3.63, 3.8) is 0 Å². The third-order valence-corrected chi connectivity index (χ3v) is 5.73. The lowest BCUT2D eigenvalue weighted by molar-refractivity contribution is 0.122. The second-order valence-corrected chi connectivity index (χ2v) is 7.64. The zero-order valence-corrected chi connectivity index (χ0v) is 15.6. The number of aryl methyl sites for hydroxylation is 2. The van der Waals surface area contributed by atoms with Crippen molar-refractivity contribution in [1.29, 1.82) is 0 Å². The fraction of sp³-hybridized carbons (Fsp3) is 0.667. The van der Waals surface area contributed by atoms with E-state index >= 15 is 0 Å². The SMILES string of the molecule is Cc1nc2nc(N3CCOCC3)nc(C3CCC(Cl)CC3)c2nc1C. The maximum Gasteiger partial charge on any atom is 0.227 e. The first-order valence-electron chi connectivity index (χ1n) is 9.11. The molecule has 3 heterocycles. The molecule has 0 N–H and O–H groups in total. The summed E-state index contributed by atoms with van der Waals surface area (Å²) in [4.78, 5) is 21.4.